The quantitative estimate of drug-likeness (QED) is 0.198. The molecule has 5 aromatic carbocycles. The Labute approximate surface area is 285 Å². The Kier molecular flexibility index (Phi) is 8.94. The van der Waals surface area contributed by atoms with Gasteiger partial charge in [-0.05, 0) is 91.7 Å². The molecule has 3 heterocycles. The van der Waals surface area contributed by atoms with E-state index in [1.165, 1.54) is 63.5 Å². The number of anilines is 7. The normalized spacial score (nSPS) is 14.9. The van der Waals surface area contributed by atoms with E-state index in [9.17, 15) is 0 Å². The molecule has 0 atom stereocenters. The van der Waals surface area contributed by atoms with Gasteiger partial charge in [0.05, 0.1) is 34.1 Å². The van der Waals surface area contributed by atoms with Gasteiger partial charge >= 0.3 is 0 Å². The summed E-state index contributed by atoms with van der Waals surface area (Å²) in [5, 5.41) is 3.72. The molecule has 5 aromatic rings. The predicted molar refractivity (Wildman–Crippen MR) is 202 cm³/mol. The highest BCUT2D eigenvalue weighted by Gasteiger charge is 2.29. The third-order valence-electron chi connectivity index (χ3n) is 8.05. The van der Waals surface area contributed by atoms with Crippen molar-refractivity contribution in [1.29, 1.82) is 0 Å². The molecule has 0 spiro atoms. The summed E-state index contributed by atoms with van der Waals surface area (Å²) < 4.78 is 0. The first-order valence-electron chi connectivity index (χ1n) is 16.2. The maximum Gasteiger partial charge on any atom is 0.0601 e. The highest BCUT2D eigenvalue weighted by Crippen LogP contribution is 2.55. The maximum absolute atomic E-state index is 3.72. The summed E-state index contributed by atoms with van der Waals surface area (Å²) >= 11 is 5.62. The van der Waals surface area contributed by atoms with E-state index >= 15 is 0 Å². The van der Waals surface area contributed by atoms with Crippen molar-refractivity contribution in [1.82, 2.24) is 0 Å². The lowest BCUT2D eigenvalue weighted by molar-refractivity contribution is 0.968. The molecule has 4 aliphatic rings. The standard InChI is InChI=1S/C36H25N3S3.2C2H6/c1-5-13-31-27(9-1)38(28-10-2-6-14-32(28)40-31)23-17-19-25-35(21-23)42-36-22-24(18-20-26(36)37-25)39-29-11-3-7-15-33(29)41-34-16-8-4-12-30(34)39;2*1-2/h1-7,9-15,17-22,37H,8,16H2;2*1-2H3. The largest absolute Gasteiger partial charge is 0.354 e. The van der Waals surface area contributed by atoms with Crippen LogP contribution in [0.25, 0.3) is 0 Å². The summed E-state index contributed by atoms with van der Waals surface area (Å²) in [6.07, 6.45) is 6.82. The average molecular weight is 656 g/mol. The van der Waals surface area contributed by atoms with E-state index in [0.29, 0.717) is 0 Å². The number of thioether (sulfide) groups is 1. The van der Waals surface area contributed by atoms with Crippen molar-refractivity contribution in [2.24, 2.45) is 0 Å². The summed E-state index contributed by atoms with van der Waals surface area (Å²) in [4.78, 5) is 12.7. The number of hydrogen-bond donors (Lipinski definition) is 1. The lowest BCUT2D eigenvalue weighted by atomic mass is 10.1. The van der Waals surface area contributed by atoms with Crippen molar-refractivity contribution in [3.8, 4) is 0 Å². The molecule has 0 bridgehead atoms. The molecule has 6 heteroatoms. The second-order valence-corrected chi connectivity index (χ2v) is 13.9. The van der Waals surface area contributed by atoms with E-state index in [1.54, 1.807) is 0 Å². The van der Waals surface area contributed by atoms with Crippen molar-refractivity contribution in [3.05, 3.63) is 132 Å². The van der Waals surface area contributed by atoms with Gasteiger partial charge in [0.1, 0.15) is 0 Å². The first-order chi connectivity index (χ1) is 22.8. The van der Waals surface area contributed by atoms with Gasteiger partial charge in [-0.25, -0.2) is 0 Å². The molecule has 0 fully saturated rings. The molecule has 0 saturated carbocycles. The zero-order valence-corrected chi connectivity index (χ0v) is 29.0. The van der Waals surface area contributed by atoms with E-state index in [0.717, 1.165) is 24.2 Å². The van der Waals surface area contributed by atoms with Crippen LogP contribution in [0.4, 0.5) is 39.8 Å². The van der Waals surface area contributed by atoms with E-state index in [4.69, 9.17) is 0 Å². The number of nitrogens with zero attached hydrogens (tertiary/aromatic N) is 2. The first-order valence-corrected chi connectivity index (χ1v) is 18.6. The molecule has 3 aliphatic heterocycles. The van der Waals surface area contributed by atoms with E-state index in [1.807, 2.05) is 63.0 Å². The SMILES string of the molecule is C1=CC2=C(CC1)Sc1ccccc1N2c1ccc2c(c1)Sc1cc(N3c4ccccc4Sc4ccccc43)ccc1N2.CC.CC. The Morgan fingerprint density at radius 3 is 1.59 bits per heavy atom. The molecule has 230 valence electrons. The van der Waals surface area contributed by atoms with Crippen LogP contribution in [-0.4, -0.2) is 0 Å². The number of fused-ring (bicyclic) bond motifs is 5. The van der Waals surface area contributed by atoms with Gasteiger partial charge in [0.2, 0.25) is 0 Å². The molecule has 0 saturated heterocycles. The molecule has 0 unspecified atom stereocenters. The monoisotopic (exact) mass is 655 g/mol. The molecule has 0 aromatic heterocycles. The van der Waals surface area contributed by atoms with Gasteiger partial charge in [0.25, 0.3) is 0 Å². The summed E-state index contributed by atoms with van der Waals surface area (Å²) in [5.41, 5.74) is 9.69. The third kappa shape index (κ3) is 5.42. The number of nitrogens with one attached hydrogen (secondary N) is 1. The average Bonchev–Trinajstić information content (AvgIpc) is 3.13. The molecule has 1 aliphatic carbocycles. The van der Waals surface area contributed by atoms with Crippen molar-refractivity contribution in [2.45, 2.75) is 65.0 Å². The van der Waals surface area contributed by atoms with Crippen LogP contribution in [0.2, 0.25) is 0 Å². The molecule has 0 radical (unpaired) electrons. The lowest BCUT2D eigenvalue weighted by Crippen LogP contribution is -2.21. The van der Waals surface area contributed by atoms with E-state index in [2.05, 4.69) is 136 Å². The van der Waals surface area contributed by atoms with Crippen LogP contribution in [0.15, 0.2) is 156 Å². The lowest BCUT2D eigenvalue weighted by Gasteiger charge is -2.36. The maximum atomic E-state index is 3.72. The van der Waals surface area contributed by atoms with Crippen LogP contribution in [0.3, 0.4) is 0 Å². The summed E-state index contributed by atoms with van der Waals surface area (Å²) in [7, 11) is 0. The second-order valence-electron chi connectivity index (χ2n) is 10.6. The zero-order chi connectivity index (χ0) is 31.6. The fraction of sp³-hybridized carbons (Fsp3) is 0.150. The molecular formula is C40H37N3S3. The van der Waals surface area contributed by atoms with Crippen LogP contribution in [-0.2, 0) is 0 Å². The van der Waals surface area contributed by atoms with E-state index < -0.39 is 0 Å². The van der Waals surface area contributed by atoms with Gasteiger partial charge in [-0.2, -0.15) is 0 Å². The highest BCUT2D eigenvalue weighted by atomic mass is 32.2. The fourth-order valence-electron chi connectivity index (χ4n) is 6.12. The number of rotatable bonds is 2. The minimum absolute atomic E-state index is 1.10. The number of allylic oxidation sites excluding steroid dienone is 3. The number of benzene rings is 5. The Morgan fingerprint density at radius 2 is 1.00 bits per heavy atom. The smallest absolute Gasteiger partial charge is 0.0601 e. The van der Waals surface area contributed by atoms with Gasteiger partial charge in [0, 0.05) is 40.8 Å². The highest BCUT2D eigenvalue weighted by molar-refractivity contribution is 8.03. The van der Waals surface area contributed by atoms with E-state index in [-0.39, 0.29) is 0 Å². The minimum Gasteiger partial charge on any atom is -0.354 e. The van der Waals surface area contributed by atoms with Crippen molar-refractivity contribution >= 4 is 75.1 Å². The molecule has 0 amide bonds. The van der Waals surface area contributed by atoms with Gasteiger partial charge in [-0.3, -0.25) is 0 Å². The van der Waals surface area contributed by atoms with Crippen LogP contribution in [0, 0.1) is 0 Å². The number of hydrogen-bond acceptors (Lipinski definition) is 6. The van der Waals surface area contributed by atoms with Crippen molar-refractivity contribution in [3.63, 3.8) is 0 Å². The Hall–Kier alpha value is -3.97. The van der Waals surface area contributed by atoms with Crippen LogP contribution in [0.5, 0.6) is 0 Å². The van der Waals surface area contributed by atoms with Crippen LogP contribution in [0.1, 0.15) is 40.5 Å². The number of para-hydroxylation sites is 3. The Bertz CT molecular complexity index is 1930. The van der Waals surface area contributed by atoms with Crippen LogP contribution < -0.4 is 15.1 Å². The van der Waals surface area contributed by atoms with Crippen LogP contribution >= 0.6 is 35.3 Å². The van der Waals surface area contributed by atoms with Gasteiger partial charge in [-0.1, -0.05) is 105 Å². The predicted octanol–water partition coefficient (Wildman–Crippen LogP) is 13.7. The van der Waals surface area contributed by atoms with Gasteiger partial charge < -0.3 is 15.1 Å². The summed E-state index contributed by atoms with van der Waals surface area (Å²) in [6.45, 7) is 8.00. The second kappa shape index (κ2) is 13.4. The topological polar surface area (TPSA) is 18.5 Å². The molecule has 3 nitrogen and oxygen atoms in total. The van der Waals surface area contributed by atoms with Crippen molar-refractivity contribution < 1.29 is 0 Å². The zero-order valence-electron chi connectivity index (χ0n) is 26.6. The Morgan fingerprint density at radius 1 is 0.522 bits per heavy atom. The molecular weight excluding hydrogens is 619 g/mol. The Balaban J connectivity index is 0.000000815. The summed E-state index contributed by atoms with van der Waals surface area (Å²) in [5.74, 6) is 0. The first kappa shape index (κ1) is 30.7. The van der Waals surface area contributed by atoms with Gasteiger partial charge in [0.15, 0.2) is 0 Å². The molecule has 46 heavy (non-hydrogen) atoms. The minimum atomic E-state index is 1.10. The fourth-order valence-corrected chi connectivity index (χ4v) is 9.40. The third-order valence-corrected chi connectivity index (χ3v) is 11.5. The van der Waals surface area contributed by atoms with Crippen molar-refractivity contribution in [2.75, 3.05) is 15.1 Å². The molecule has 1 N–H and O–H groups in total. The van der Waals surface area contributed by atoms with Gasteiger partial charge in [-0.15, -0.1) is 0 Å². The summed E-state index contributed by atoms with van der Waals surface area (Å²) in [6, 6.07) is 39.8. The molecule has 9 rings (SSSR count).